The molecule has 25 heavy (non-hydrogen) atoms. The average molecular weight is 338 g/mol. The minimum Gasteiger partial charge on any atom is -0.493 e. The first kappa shape index (κ1) is 17.0. The average Bonchev–Trinajstić information content (AvgIpc) is 2.66. The van der Waals surface area contributed by atoms with Gasteiger partial charge in [-0.1, -0.05) is 32.0 Å². The van der Waals surface area contributed by atoms with Gasteiger partial charge in [0.15, 0.2) is 11.5 Å². The highest BCUT2D eigenvalue weighted by molar-refractivity contribution is 6.11. The molecule has 1 aliphatic heterocycles. The normalized spacial score (nSPS) is 20.2. The van der Waals surface area contributed by atoms with Crippen LogP contribution in [0.1, 0.15) is 19.4 Å². The highest BCUT2D eigenvalue weighted by atomic mass is 16.5. The van der Waals surface area contributed by atoms with Gasteiger partial charge in [0.1, 0.15) is 0 Å². The lowest BCUT2D eigenvalue weighted by molar-refractivity contribution is -0.123. The maximum atomic E-state index is 12.7. The van der Waals surface area contributed by atoms with E-state index in [4.69, 9.17) is 9.47 Å². The first-order chi connectivity index (χ1) is 12.1. The molecule has 0 spiro atoms. The van der Waals surface area contributed by atoms with E-state index >= 15 is 0 Å². The first-order valence-electron chi connectivity index (χ1n) is 8.26. The van der Waals surface area contributed by atoms with E-state index < -0.39 is 0 Å². The summed E-state index contributed by atoms with van der Waals surface area (Å²) in [5.41, 5.74) is 2.55. The summed E-state index contributed by atoms with van der Waals surface area (Å²) in [5, 5.41) is 6.17. The highest BCUT2D eigenvalue weighted by Crippen LogP contribution is 2.33. The van der Waals surface area contributed by atoms with Gasteiger partial charge in [0.05, 0.1) is 25.6 Å². The lowest BCUT2D eigenvalue weighted by Gasteiger charge is -2.32. The number of carbonyl (C=O) groups is 1. The largest absolute Gasteiger partial charge is 0.493 e. The minimum absolute atomic E-state index is 0.00271. The van der Waals surface area contributed by atoms with Crippen molar-refractivity contribution < 1.29 is 14.3 Å². The summed E-state index contributed by atoms with van der Waals surface area (Å²) in [6, 6.07) is 15.2. The maximum Gasteiger partial charge on any atom is 0.250 e. The van der Waals surface area contributed by atoms with Crippen LogP contribution in [0.4, 0.5) is 5.69 Å². The summed E-state index contributed by atoms with van der Waals surface area (Å²) < 4.78 is 10.7. The van der Waals surface area contributed by atoms with Crippen molar-refractivity contribution >= 4 is 17.3 Å². The molecule has 0 aliphatic carbocycles. The molecule has 2 atom stereocenters. The Morgan fingerprint density at radius 1 is 0.920 bits per heavy atom. The van der Waals surface area contributed by atoms with Crippen LogP contribution >= 0.6 is 0 Å². The second kappa shape index (κ2) is 6.97. The van der Waals surface area contributed by atoms with Gasteiger partial charge in [-0.05, 0) is 30.3 Å². The highest BCUT2D eigenvalue weighted by Gasteiger charge is 2.35. The SMILES string of the molecule is COc1ccc(C2=NN(c3ccccc3)C(=O)[C@H](C)[C@@H]2C)cc1OC. The summed E-state index contributed by atoms with van der Waals surface area (Å²) in [4.78, 5) is 12.7. The van der Waals surface area contributed by atoms with E-state index in [2.05, 4.69) is 5.10 Å². The van der Waals surface area contributed by atoms with Crippen molar-refractivity contribution in [2.75, 3.05) is 19.2 Å². The van der Waals surface area contributed by atoms with E-state index in [1.807, 2.05) is 62.4 Å². The van der Waals surface area contributed by atoms with Crippen LogP contribution in [0.5, 0.6) is 11.5 Å². The van der Waals surface area contributed by atoms with E-state index in [-0.39, 0.29) is 17.7 Å². The van der Waals surface area contributed by atoms with Gasteiger partial charge in [0.2, 0.25) is 0 Å². The van der Waals surface area contributed by atoms with Gasteiger partial charge in [-0.3, -0.25) is 4.79 Å². The molecule has 0 fully saturated rings. The molecule has 5 nitrogen and oxygen atoms in total. The number of ether oxygens (including phenoxy) is 2. The molecule has 1 amide bonds. The quantitative estimate of drug-likeness (QED) is 0.853. The number of methoxy groups -OCH3 is 2. The molecule has 5 heteroatoms. The Kier molecular flexibility index (Phi) is 4.74. The zero-order chi connectivity index (χ0) is 18.0. The Labute approximate surface area is 147 Å². The Morgan fingerprint density at radius 3 is 2.24 bits per heavy atom. The summed E-state index contributed by atoms with van der Waals surface area (Å²) in [6.07, 6.45) is 0. The molecular weight excluding hydrogens is 316 g/mol. The Balaban J connectivity index is 2.08. The zero-order valence-corrected chi connectivity index (χ0v) is 14.9. The predicted molar refractivity (Wildman–Crippen MR) is 98.3 cm³/mol. The Bertz CT molecular complexity index is 802. The molecular formula is C20H22N2O3. The number of nitrogens with zero attached hydrogens (tertiary/aromatic N) is 2. The smallest absolute Gasteiger partial charge is 0.250 e. The molecule has 0 N–H and O–H groups in total. The van der Waals surface area contributed by atoms with Crippen LogP contribution in [-0.2, 0) is 4.79 Å². The second-order valence-corrected chi connectivity index (χ2v) is 6.12. The van der Waals surface area contributed by atoms with Crippen LogP contribution in [0.25, 0.3) is 0 Å². The molecule has 1 aliphatic rings. The van der Waals surface area contributed by atoms with Crippen LogP contribution in [0.15, 0.2) is 53.6 Å². The second-order valence-electron chi connectivity index (χ2n) is 6.12. The number of para-hydroxylation sites is 1. The maximum absolute atomic E-state index is 12.7. The topological polar surface area (TPSA) is 51.1 Å². The third kappa shape index (κ3) is 3.09. The fourth-order valence-corrected chi connectivity index (χ4v) is 2.96. The van der Waals surface area contributed by atoms with E-state index in [0.29, 0.717) is 11.5 Å². The van der Waals surface area contributed by atoms with Gasteiger partial charge in [0.25, 0.3) is 5.91 Å². The van der Waals surface area contributed by atoms with Crippen LogP contribution in [0.2, 0.25) is 0 Å². The number of anilines is 1. The molecule has 2 aromatic rings. The fourth-order valence-electron chi connectivity index (χ4n) is 2.96. The van der Waals surface area contributed by atoms with Crippen molar-refractivity contribution in [1.82, 2.24) is 0 Å². The Morgan fingerprint density at radius 2 is 1.60 bits per heavy atom. The van der Waals surface area contributed by atoms with E-state index in [9.17, 15) is 4.79 Å². The standard InChI is InChI=1S/C20H22N2O3/c1-13-14(2)20(23)22(16-8-6-5-7-9-16)21-19(13)15-10-11-17(24-3)18(12-15)25-4/h5-14H,1-4H3/t13-,14+/m0/s1. The van der Waals surface area contributed by atoms with Crippen LogP contribution in [0, 0.1) is 11.8 Å². The number of hydrazone groups is 1. The van der Waals surface area contributed by atoms with Gasteiger partial charge in [-0.15, -0.1) is 0 Å². The molecule has 3 rings (SSSR count). The third-order valence-electron chi connectivity index (χ3n) is 4.67. The number of amides is 1. The van der Waals surface area contributed by atoms with Crippen molar-refractivity contribution in [1.29, 1.82) is 0 Å². The monoisotopic (exact) mass is 338 g/mol. The van der Waals surface area contributed by atoms with E-state index in [0.717, 1.165) is 17.0 Å². The van der Waals surface area contributed by atoms with Crippen molar-refractivity contribution in [3.63, 3.8) is 0 Å². The Hall–Kier alpha value is -2.82. The summed E-state index contributed by atoms with van der Waals surface area (Å²) >= 11 is 0. The summed E-state index contributed by atoms with van der Waals surface area (Å²) in [5.74, 6) is 1.15. The number of hydrogen-bond donors (Lipinski definition) is 0. The van der Waals surface area contributed by atoms with Crippen molar-refractivity contribution in [3.8, 4) is 11.5 Å². The molecule has 0 bridgehead atoms. The van der Waals surface area contributed by atoms with Crippen LogP contribution in [-0.4, -0.2) is 25.8 Å². The van der Waals surface area contributed by atoms with Crippen molar-refractivity contribution in [2.45, 2.75) is 13.8 Å². The molecule has 0 aromatic heterocycles. The molecule has 0 unspecified atom stereocenters. The molecule has 2 aromatic carbocycles. The number of carbonyl (C=O) groups excluding carboxylic acids is 1. The van der Waals surface area contributed by atoms with Gasteiger partial charge < -0.3 is 9.47 Å². The molecule has 0 radical (unpaired) electrons. The lowest BCUT2D eigenvalue weighted by Crippen LogP contribution is -2.42. The van der Waals surface area contributed by atoms with Gasteiger partial charge >= 0.3 is 0 Å². The summed E-state index contributed by atoms with van der Waals surface area (Å²) in [6.45, 7) is 3.97. The van der Waals surface area contributed by atoms with Crippen LogP contribution < -0.4 is 14.5 Å². The van der Waals surface area contributed by atoms with Gasteiger partial charge in [-0.2, -0.15) is 5.10 Å². The third-order valence-corrected chi connectivity index (χ3v) is 4.67. The van der Waals surface area contributed by atoms with E-state index in [1.165, 1.54) is 5.01 Å². The number of hydrogen-bond acceptors (Lipinski definition) is 4. The van der Waals surface area contributed by atoms with E-state index in [1.54, 1.807) is 14.2 Å². The van der Waals surface area contributed by atoms with Gasteiger partial charge in [-0.25, -0.2) is 5.01 Å². The predicted octanol–water partition coefficient (Wildman–Crippen LogP) is 3.73. The molecule has 1 heterocycles. The molecule has 0 saturated carbocycles. The lowest BCUT2D eigenvalue weighted by atomic mass is 9.85. The molecule has 0 saturated heterocycles. The van der Waals surface area contributed by atoms with Gasteiger partial charge in [0, 0.05) is 17.4 Å². The molecule has 130 valence electrons. The zero-order valence-electron chi connectivity index (χ0n) is 14.9. The first-order valence-corrected chi connectivity index (χ1v) is 8.26. The van der Waals surface area contributed by atoms with Crippen LogP contribution in [0.3, 0.4) is 0 Å². The summed E-state index contributed by atoms with van der Waals surface area (Å²) in [7, 11) is 3.21. The minimum atomic E-state index is -0.166. The number of benzene rings is 2. The van der Waals surface area contributed by atoms with Crippen molar-refractivity contribution in [2.24, 2.45) is 16.9 Å². The fraction of sp³-hybridized carbons (Fsp3) is 0.300. The van der Waals surface area contributed by atoms with Crippen molar-refractivity contribution in [3.05, 3.63) is 54.1 Å². The number of rotatable bonds is 4.